The summed E-state index contributed by atoms with van der Waals surface area (Å²) in [5, 5.41) is 31.0. The van der Waals surface area contributed by atoms with Crippen LogP contribution in [0.2, 0.25) is 0 Å². The van der Waals surface area contributed by atoms with Crippen LogP contribution < -0.4 is 5.32 Å². The highest BCUT2D eigenvalue weighted by Gasteiger charge is 2.14. The minimum atomic E-state index is -0.523. The number of hydrogen-bond acceptors (Lipinski definition) is 4. The molecule has 16 heavy (non-hydrogen) atoms. The van der Waals surface area contributed by atoms with E-state index in [-0.39, 0.29) is 0 Å². The van der Waals surface area contributed by atoms with Crippen LogP contribution >= 0.6 is 12.2 Å². The SMILES string of the molecule is CC(O)CNC(=S)N(CC(C)O)CC(C)O. The Balaban J connectivity index is 4.20. The normalized spacial score (nSPS) is 16.4. The molecule has 0 aliphatic carbocycles. The van der Waals surface area contributed by atoms with E-state index >= 15 is 0 Å². The van der Waals surface area contributed by atoms with Crippen molar-refractivity contribution in [3.05, 3.63) is 0 Å². The van der Waals surface area contributed by atoms with E-state index in [1.54, 1.807) is 25.7 Å². The first kappa shape index (κ1) is 15.6. The number of hydrogen-bond donors (Lipinski definition) is 4. The molecule has 0 aromatic carbocycles. The van der Waals surface area contributed by atoms with Crippen molar-refractivity contribution < 1.29 is 15.3 Å². The van der Waals surface area contributed by atoms with Gasteiger partial charge in [0.15, 0.2) is 5.11 Å². The molecule has 0 saturated carbocycles. The van der Waals surface area contributed by atoms with Crippen molar-refractivity contribution in [2.75, 3.05) is 19.6 Å². The van der Waals surface area contributed by atoms with Gasteiger partial charge in [-0.1, -0.05) is 0 Å². The molecule has 0 aliphatic rings. The van der Waals surface area contributed by atoms with Crippen LogP contribution in [0.15, 0.2) is 0 Å². The van der Waals surface area contributed by atoms with Crippen molar-refractivity contribution in [1.29, 1.82) is 0 Å². The van der Waals surface area contributed by atoms with E-state index in [4.69, 9.17) is 17.3 Å². The van der Waals surface area contributed by atoms with Gasteiger partial charge in [0, 0.05) is 19.6 Å². The Morgan fingerprint density at radius 2 is 1.50 bits per heavy atom. The zero-order valence-corrected chi connectivity index (χ0v) is 10.9. The van der Waals surface area contributed by atoms with Gasteiger partial charge in [-0.25, -0.2) is 0 Å². The molecule has 0 heterocycles. The van der Waals surface area contributed by atoms with Crippen LogP contribution in [-0.4, -0.2) is 63.3 Å². The molecule has 5 nitrogen and oxygen atoms in total. The van der Waals surface area contributed by atoms with Crippen molar-refractivity contribution in [2.24, 2.45) is 0 Å². The number of aliphatic hydroxyl groups is 3. The number of nitrogens with one attached hydrogen (secondary N) is 1. The Bertz CT molecular complexity index is 200. The molecule has 0 fully saturated rings. The first-order valence-electron chi connectivity index (χ1n) is 5.40. The Labute approximate surface area is 102 Å². The number of thiocarbonyl (C=S) groups is 1. The topological polar surface area (TPSA) is 76.0 Å². The lowest BCUT2D eigenvalue weighted by Crippen LogP contribution is -2.47. The van der Waals surface area contributed by atoms with Gasteiger partial charge >= 0.3 is 0 Å². The molecule has 0 rings (SSSR count). The maximum absolute atomic E-state index is 9.30. The Hall–Kier alpha value is -0.430. The first-order valence-corrected chi connectivity index (χ1v) is 5.80. The van der Waals surface area contributed by atoms with Crippen LogP contribution in [-0.2, 0) is 0 Å². The molecule has 0 saturated heterocycles. The molecule has 0 aromatic heterocycles. The van der Waals surface area contributed by atoms with Crippen molar-refractivity contribution in [3.63, 3.8) is 0 Å². The van der Waals surface area contributed by atoms with E-state index in [0.717, 1.165) is 0 Å². The fraction of sp³-hybridized carbons (Fsp3) is 0.900. The molecule has 3 atom stereocenters. The van der Waals surface area contributed by atoms with E-state index in [1.165, 1.54) is 0 Å². The van der Waals surface area contributed by atoms with E-state index in [0.29, 0.717) is 24.7 Å². The molecule has 0 aliphatic heterocycles. The van der Waals surface area contributed by atoms with Gasteiger partial charge in [0.1, 0.15) is 0 Å². The van der Waals surface area contributed by atoms with Crippen LogP contribution in [0.4, 0.5) is 0 Å². The molecule has 0 radical (unpaired) electrons. The molecule has 0 spiro atoms. The standard InChI is InChI=1S/C10H22N2O3S/c1-7(13)4-11-10(16)12(5-8(2)14)6-9(3)15/h7-9,13-15H,4-6H2,1-3H3,(H,11,16). The lowest BCUT2D eigenvalue weighted by atomic mass is 10.3. The fourth-order valence-electron chi connectivity index (χ4n) is 1.23. The molecule has 0 aromatic rings. The third kappa shape index (κ3) is 7.81. The van der Waals surface area contributed by atoms with Gasteiger partial charge in [-0.15, -0.1) is 0 Å². The van der Waals surface area contributed by atoms with Crippen molar-refractivity contribution in [2.45, 2.75) is 39.1 Å². The summed E-state index contributed by atoms with van der Waals surface area (Å²) in [7, 11) is 0. The van der Waals surface area contributed by atoms with Gasteiger partial charge < -0.3 is 25.5 Å². The van der Waals surface area contributed by atoms with Crippen LogP contribution in [0.1, 0.15) is 20.8 Å². The molecule has 0 bridgehead atoms. The summed E-state index contributed by atoms with van der Waals surface area (Å²) in [6, 6.07) is 0. The van der Waals surface area contributed by atoms with Gasteiger partial charge in [0.2, 0.25) is 0 Å². The van der Waals surface area contributed by atoms with Gasteiger partial charge in [-0.3, -0.25) is 0 Å². The van der Waals surface area contributed by atoms with E-state index in [1.807, 2.05) is 0 Å². The Morgan fingerprint density at radius 1 is 1.06 bits per heavy atom. The number of nitrogens with zero attached hydrogens (tertiary/aromatic N) is 1. The van der Waals surface area contributed by atoms with E-state index in [2.05, 4.69) is 5.32 Å². The summed E-state index contributed by atoms with van der Waals surface area (Å²) >= 11 is 5.11. The third-order valence-electron chi connectivity index (χ3n) is 1.81. The molecular weight excluding hydrogens is 228 g/mol. The molecule has 0 amide bonds. The smallest absolute Gasteiger partial charge is 0.169 e. The summed E-state index contributed by atoms with van der Waals surface area (Å²) in [6.45, 7) is 6.05. The van der Waals surface area contributed by atoms with Gasteiger partial charge in [-0.05, 0) is 33.0 Å². The van der Waals surface area contributed by atoms with Gasteiger partial charge in [-0.2, -0.15) is 0 Å². The van der Waals surface area contributed by atoms with Crippen molar-refractivity contribution >= 4 is 17.3 Å². The fourth-order valence-corrected chi connectivity index (χ4v) is 1.46. The Morgan fingerprint density at radius 3 is 1.81 bits per heavy atom. The summed E-state index contributed by atoms with van der Waals surface area (Å²) in [4.78, 5) is 1.69. The van der Waals surface area contributed by atoms with Crippen LogP contribution in [0, 0.1) is 0 Å². The molecule has 3 unspecified atom stereocenters. The lowest BCUT2D eigenvalue weighted by Gasteiger charge is -2.28. The Kier molecular flexibility index (Phi) is 7.57. The minimum Gasteiger partial charge on any atom is -0.392 e. The minimum absolute atomic E-state index is 0.356. The zero-order valence-electron chi connectivity index (χ0n) is 10.1. The number of aliphatic hydroxyl groups excluding tert-OH is 3. The molecule has 96 valence electrons. The zero-order chi connectivity index (χ0) is 12.7. The average Bonchev–Trinajstić information content (AvgIpc) is 2.11. The average molecular weight is 250 g/mol. The second kappa shape index (κ2) is 7.78. The predicted octanol–water partition coefficient (Wildman–Crippen LogP) is -0.695. The summed E-state index contributed by atoms with van der Waals surface area (Å²) in [5.74, 6) is 0. The predicted molar refractivity (Wildman–Crippen MR) is 67.2 cm³/mol. The lowest BCUT2D eigenvalue weighted by molar-refractivity contribution is 0.118. The highest BCUT2D eigenvalue weighted by atomic mass is 32.1. The van der Waals surface area contributed by atoms with Crippen LogP contribution in [0.3, 0.4) is 0 Å². The van der Waals surface area contributed by atoms with Crippen molar-refractivity contribution in [3.8, 4) is 0 Å². The monoisotopic (exact) mass is 250 g/mol. The highest BCUT2D eigenvalue weighted by molar-refractivity contribution is 7.80. The van der Waals surface area contributed by atoms with Gasteiger partial charge in [0.05, 0.1) is 18.3 Å². The van der Waals surface area contributed by atoms with Crippen LogP contribution in [0.5, 0.6) is 0 Å². The third-order valence-corrected chi connectivity index (χ3v) is 2.21. The van der Waals surface area contributed by atoms with Crippen molar-refractivity contribution in [1.82, 2.24) is 10.2 Å². The second-order valence-electron chi connectivity index (χ2n) is 4.14. The second-order valence-corrected chi connectivity index (χ2v) is 4.52. The van der Waals surface area contributed by atoms with Gasteiger partial charge in [0.25, 0.3) is 0 Å². The van der Waals surface area contributed by atoms with E-state index < -0.39 is 18.3 Å². The largest absolute Gasteiger partial charge is 0.392 e. The van der Waals surface area contributed by atoms with Crippen LogP contribution in [0.25, 0.3) is 0 Å². The highest BCUT2D eigenvalue weighted by Crippen LogP contribution is 1.97. The molecule has 6 heteroatoms. The summed E-state index contributed by atoms with van der Waals surface area (Å²) in [6.07, 6.45) is -1.53. The maximum atomic E-state index is 9.30. The molecular formula is C10H22N2O3S. The summed E-state index contributed by atoms with van der Waals surface area (Å²) < 4.78 is 0. The first-order chi connectivity index (χ1) is 7.32. The van der Waals surface area contributed by atoms with E-state index in [9.17, 15) is 10.2 Å². The molecule has 4 N–H and O–H groups in total. The number of rotatable bonds is 6. The quantitative estimate of drug-likeness (QED) is 0.467. The summed E-state index contributed by atoms with van der Waals surface area (Å²) in [5.41, 5.74) is 0. The maximum Gasteiger partial charge on any atom is 0.169 e.